The van der Waals surface area contributed by atoms with Crippen molar-refractivity contribution in [2.24, 2.45) is 0 Å². The highest BCUT2D eigenvalue weighted by atomic mass is 79.9. The highest BCUT2D eigenvalue weighted by molar-refractivity contribution is 9.10. The van der Waals surface area contributed by atoms with E-state index in [1.54, 1.807) is 0 Å². The molecule has 0 bridgehead atoms. The van der Waals surface area contributed by atoms with Crippen molar-refractivity contribution >= 4 is 60.7 Å². The molecule has 0 saturated carbocycles. The van der Waals surface area contributed by atoms with Crippen molar-refractivity contribution in [1.82, 2.24) is 19.8 Å². The molecule has 2 N–H and O–H groups in total. The zero-order valence-electron chi connectivity index (χ0n) is 17.9. The van der Waals surface area contributed by atoms with Crippen molar-refractivity contribution in [3.05, 3.63) is 70.5 Å². The zero-order chi connectivity index (χ0) is 22.4. The molecule has 7 heteroatoms. The van der Waals surface area contributed by atoms with E-state index in [1.165, 1.54) is 0 Å². The lowest BCUT2D eigenvalue weighted by atomic mass is 9.95. The molecule has 162 valence electrons. The molecule has 2 aromatic carbocycles. The highest BCUT2D eigenvalue weighted by Gasteiger charge is 2.35. The van der Waals surface area contributed by atoms with Gasteiger partial charge < -0.3 is 14.5 Å². The number of fused-ring (bicyclic) bond motifs is 2. The third-order valence-electron chi connectivity index (χ3n) is 5.91. The normalized spacial score (nSPS) is 14.4. The van der Waals surface area contributed by atoms with Crippen LogP contribution in [-0.4, -0.2) is 46.9 Å². The van der Waals surface area contributed by atoms with Gasteiger partial charge in [-0.2, -0.15) is 0 Å². The van der Waals surface area contributed by atoms with Crippen LogP contribution in [0.15, 0.2) is 59.3 Å². The van der Waals surface area contributed by atoms with Crippen molar-refractivity contribution in [3.63, 3.8) is 0 Å². The molecule has 0 atom stereocenters. The summed E-state index contributed by atoms with van der Waals surface area (Å²) in [5, 5.41) is 4.39. The van der Waals surface area contributed by atoms with Crippen molar-refractivity contribution in [2.75, 3.05) is 20.6 Å². The maximum atomic E-state index is 13.0. The molecule has 1 aliphatic rings. The monoisotopic (exact) mass is 490 g/mol. The Morgan fingerprint density at radius 2 is 1.72 bits per heavy atom. The Balaban J connectivity index is 1.72. The minimum absolute atomic E-state index is 0.356. The summed E-state index contributed by atoms with van der Waals surface area (Å²) in [5.74, 6) is -0.717. The quantitative estimate of drug-likeness (QED) is 0.393. The third kappa shape index (κ3) is 3.47. The number of halogens is 1. The summed E-state index contributed by atoms with van der Waals surface area (Å²) >= 11 is 3.57. The molecule has 1 aliphatic heterocycles. The number of carbonyl (C=O) groups is 2. The van der Waals surface area contributed by atoms with E-state index >= 15 is 0 Å². The smallest absolute Gasteiger partial charge is 0.259 e. The van der Waals surface area contributed by atoms with Gasteiger partial charge in [-0.3, -0.25) is 14.9 Å². The van der Waals surface area contributed by atoms with Crippen molar-refractivity contribution in [3.8, 4) is 0 Å². The molecule has 0 unspecified atom stereocenters. The molecule has 32 heavy (non-hydrogen) atoms. The van der Waals surface area contributed by atoms with E-state index < -0.39 is 0 Å². The molecule has 4 aromatic rings. The third-order valence-corrected chi connectivity index (χ3v) is 6.40. The molecule has 5 rings (SSSR count). The first-order chi connectivity index (χ1) is 15.4. The summed E-state index contributed by atoms with van der Waals surface area (Å²) in [6, 6.07) is 13.8. The van der Waals surface area contributed by atoms with Crippen LogP contribution in [-0.2, 0) is 16.1 Å². The van der Waals surface area contributed by atoms with E-state index in [9.17, 15) is 9.59 Å². The van der Waals surface area contributed by atoms with Gasteiger partial charge in [0.1, 0.15) is 0 Å². The SMILES string of the molecule is CN(C)CCCn1cc(C2=C(c3c[nH]c4ccccc34)C(=O)NC2=O)c2ccc(Br)cc21. The number of rotatable bonds is 6. The van der Waals surface area contributed by atoms with Crippen molar-refractivity contribution in [2.45, 2.75) is 13.0 Å². The molecule has 6 nitrogen and oxygen atoms in total. The summed E-state index contributed by atoms with van der Waals surface area (Å²) in [5.41, 5.74) is 4.33. The second-order valence-electron chi connectivity index (χ2n) is 8.34. The number of imide groups is 1. The maximum Gasteiger partial charge on any atom is 0.259 e. The number of para-hydroxylation sites is 1. The summed E-state index contributed by atoms with van der Waals surface area (Å²) in [4.78, 5) is 31.3. The number of hydrogen-bond acceptors (Lipinski definition) is 3. The van der Waals surface area contributed by atoms with Gasteiger partial charge in [-0.1, -0.05) is 40.2 Å². The number of benzene rings is 2. The lowest BCUT2D eigenvalue weighted by Gasteiger charge is -2.10. The predicted octanol–water partition coefficient (Wildman–Crippen LogP) is 4.40. The maximum absolute atomic E-state index is 13.0. The largest absolute Gasteiger partial charge is 0.361 e. The number of aromatic nitrogens is 2. The van der Waals surface area contributed by atoms with Gasteiger partial charge in [0.15, 0.2) is 0 Å². The van der Waals surface area contributed by atoms with Gasteiger partial charge in [0.2, 0.25) is 0 Å². The van der Waals surface area contributed by atoms with Crippen LogP contribution in [0.1, 0.15) is 17.5 Å². The topological polar surface area (TPSA) is 70.1 Å². The van der Waals surface area contributed by atoms with E-state index in [-0.39, 0.29) is 11.8 Å². The Morgan fingerprint density at radius 3 is 2.50 bits per heavy atom. The van der Waals surface area contributed by atoms with Crippen LogP contribution in [0.3, 0.4) is 0 Å². The first-order valence-electron chi connectivity index (χ1n) is 10.5. The number of nitrogens with one attached hydrogen (secondary N) is 2. The van der Waals surface area contributed by atoms with Gasteiger partial charge in [-0.05, 0) is 45.3 Å². The van der Waals surface area contributed by atoms with Gasteiger partial charge >= 0.3 is 0 Å². The molecule has 0 spiro atoms. The first kappa shape index (κ1) is 20.7. The van der Waals surface area contributed by atoms with E-state index in [1.807, 2.05) is 48.8 Å². The van der Waals surface area contributed by atoms with Crippen LogP contribution in [0, 0.1) is 0 Å². The van der Waals surface area contributed by atoms with Crippen LogP contribution in [0.25, 0.3) is 33.0 Å². The standard InChI is InChI=1S/C25H23BrN4O2/c1-29(2)10-5-11-30-14-19(17-9-8-15(26)12-21(17)30)23-22(24(31)28-25(23)32)18-13-27-20-7-4-3-6-16(18)20/h3-4,6-9,12-14,27H,5,10-11H2,1-2H3,(H,28,31,32). The minimum atomic E-state index is -0.361. The summed E-state index contributed by atoms with van der Waals surface area (Å²) in [6.07, 6.45) is 4.79. The number of aromatic amines is 1. The Kier molecular flexibility index (Phi) is 5.23. The second kappa shape index (κ2) is 8.07. The highest BCUT2D eigenvalue weighted by Crippen LogP contribution is 2.38. The van der Waals surface area contributed by atoms with Crippen LogP contribution < -0.4 is 5.32 Å². The van der Waals surface area contributed by atoms with Crippen LogP contribution in [0.2, 0.25) is 0 Å². The molecular weight excluding hydrogens is 468 g/mol. The fraction of sp³-hybridized carbons (Fsp3) is 0.200. The zero-order valence-corrected chi connectivity index (χ0v) is 19.5. The Bertz CT molecular complexity index is 1410. The van der Waals surface area contributed by atoms with Crippen molar-refractivity contribution < 1.29 is 9.59 Å². The lowest BCUT2D eigenvalue weighted by Crippen LogP contribution is -2.22. The number of hydrogen-bond donors (Lipinski definition) is 2. The molecule has 0 fully saturated rings. The summed E-state index contributed by atoms with van der Waals surface area (Å²) < 4.78 is 3.15. The molecule has 0 radical (unpaired) electrons. The number of aryl methyl sites for hydroxylation is 1. The van der Waals surface area contributed by atoms with Crippen LogP contribution >= 0.6 is 15.9 Å². The van der Waals surface area contributed by atoms with Gasteiger partial charge in [-0.15, -0.1) is 0 Å². The van der Waals surface area contributed by atoms with E-state index in [0.717, 1.165) is 56.9 Å². The average molecular weight is 491 g/mol. The average Bonchev–Trinajstić information content (AvgIpc) is 3.41. The predicted molar refractivity (Wildman–Crippen MR) is 131 cm³/mol. The fourth-order valence-electron chi connectivity index (χ4n) is 4.45. The van der Waals surface area contributed by atoms with E-state index in [0.29, 0.717) is 11.1 Å². The fourth-order valence-corrected chi connectivity index (χ4v) is 4.80. The molecule has 2 aromatic heterocycles. The number of nitrogens with zero attached hydrogens (tertiary/aromatic N) is 2. The molecular formula is C25H23BrN4O2. The molecule has 0 aliphatic carbocycles. The first-order valence-corrected chi connectivity index (χ1v) is 11.3. The number of amides is 2. The Morgan fingerprint density at radius 1 is 0.969 bits per heavy atom. The van der Waals surface area contributed by atoms with Crippen molar-refractivity contribution in [1.29, 1.82) is 0 Å². The van der Waals surface area contributed by atoms with E-state index in [4.69, 9.17) is 0 Å². The number of H-pyrrole nitrogens is 1. The summed E-state index contributed by atoms with van der Waals surface area (Å²) in [6.45, 7) is 1.78. The second-order valence-corrected chi connectivity index (χ2v) is 9.25. The minimum Gasteiger partial charge on any atom is -0.361 e. The summed E-state index contributed by atoms with van der Waals surface area (Å²) in [7, 11) is 4.12. The van der Waals surface area contributed by atoms with E-state index in [2.05, 4.69) is 55.9 Å². The van der Waals surface area contributed by atoms with Gasteiger partial charge in [-0.25, -0.2) is 0 Å². The van der Waals surface area contributed by atoms with Gasteiger partial charge in [0, 0.05) is 56.3 Å². The van der Waals surface area contributed by atoms with Gasteiger partial charge in [0.25, 0.3) is 11.8 Å². The molecule has 0 saturated heterocycles. The van der Waals surface area contributed by atoms with Crippen LogP contribution in [0.5, 0.6) is 0 Å². The van der Waals surface area contributed by atoms with Gasteiger partial charge in [0.05, 0.1) is 11.1 Å². The van der Waals surface area contributed by atoms with Crippen LogP contribution in [0.4, 0.5) is 0 Å². The Labute approximate surface area is 194 Å². The Hall–Kier alpha value is -3.16. The lowest BCUT2D eigenvalue weighted by molar-refractivity contribution is -0.122. The number of carbonyl (C=O) groups excluding carboxylic acids is 2. The molecule has 3 heterocycles. The molecule has 2 amide bonds.